The molecule has 0 fully saturated rings. The van der Waals surface area contributed by atoms with Crippen LogP contribution >= 0.6 is 11.3 Å². The number of hydrogen-bond acceptors (Lipinski definition) is 6. The third-order valence-corrected chi connectivity index (χ3v) is 5.38. The smallest absolute Gasteiger partial charge is 0.227 e. The van der Waals surface area contributed by atoms with Gasteiger partial charge in [-0.3, -0.25) is 4.79 Å². The van der Waals surface area contributed by atoms with Gasteiger partial charge in [-0.15, -0.1) is 11.3 Å². The van der Waals surface area contributed by atoms with Crippen LogP contribution in [-0.2, 0) is 4.79 Å². The minimum Gasteiger partial charge on any atom is -0.369 e. The van der Waals surface area contributed by atoms with Crippen LogP contribution in [-0.4, -0.2) is 27.4 Å². The van der Waals surface area contributed by atoms with Crippen LogP contribution in [0.1, 0.15) is 11.3 Å². The first-order valence-electron chi connectivity index (χ1n) is 9.06. The number of rotatable bonds is 6. The number of nitrogens with one attached hydrogen (secondary N) is 2. The summed E-state index contributed by atoms with van der Waals surface area (Å²) in [6.07, 6.45) is 2.81. The topological polar surface area (TPSA) is 79.8 Å². The Bertz CT molecular complexity index is 1150. The number of nitrogens with zero attached hydrogens (tertiary/aromatic N) is 3. The van der Waals surface area contributed by atoms with Gasteiger partial charge in [0.1, 0.15) is 28.6 Å². The van der Waals surface area contributed by atoms with E-state index in [0.717, 1.165) is 32.4 Å². The number of amides is 1. The summed E-state index contributed by atoms with van der Waals surface area (Å²) in [6, 6.07) is 12.8. The van der Waals surface area contributed by atoms with Crippen molar-refractivity contribution in [1.29, 1.82) is 0 Å². The van der Waals surface area contributed by atoms with Crippen molar-refractivity contribution < 1.29 is 9.18 Å². The molecule has 0 bridgehead atoms. The van der Waals surface area contributed by atoms with E-state index in [1.807, 2.05) is 18.2 Å². The predicted molar refractivity (Wildman–Crippen MR) is 114 cm³/mol. The second-order valence-corrected chi connectivity index (χ2v) is 7.59. The van der Waals surface area contributed by atoms with Crippen LogP contribution in [0.15, 0.2) is 55.0 Å². The number of anilines is 2. The van der Waals surface area contributed by atoms with Crippen molar-refractivity contribution in [2.45, 2.75) is 13.3 Å². The highest BCUT2D eigenvalue weighted by atomic mass is 32.1. The standard InChI is InChI=1S/C21H18FN5OS/c1-13-18(14-5-3-2-4-6-14)19-20(25-12-26-21(19)29-13)23-10-9-17(28)27-16-8-7-15(22)11-24-16/h2-8,11-12H,9-10H2,1H3,(H,23,25,26)(H,24,27,28). The minimum absolute atomic E-state index is 0.216. The molecule has 0 saturated carbocycles. The Balaban J connectivity index is 1.50. The number of hydrogen-bond donors (Lipinski definition) is 2. The van der Waals surface area contributed by atoms with Crippen molar-refractivity contribution in [3.63, 3.8) is 0 Å². The Morgan fingerprint density at radius 2 is 1.93 bits per heavy atom. The van der Waals surface area contributed by atoms with Crippen LogP contribution in [0.4, 0.5) is 16.0 Å². The number of halogens is 1. The van der Waals surface area contributed by atoms with Gasteiger partial charge in [-0.25, -0.2) is 19.3 Å². The number of aryl methyl sites for hydroxylation is 1. The number of fused-ring (bicyclic) bond motifs is 1. The largest absolute Gasteiger partial charge is 0.369 e. The van der Waals surface area contributed by atoms with Crippen LogP contribution in [0.5, 0.6) is 0 Å². The number of benzene rings is 1. The van der Waals surface area contributed by atoms with E-state index in [0.29, 0.717) is 18.2 Å². The van der Waals surface area contributed by atoms with Gasteiger partial charge in [0.05, 0.1) is 11.6 Å². The second kappa shape index (κ2) is 8.32. The summed E-state index contributed by atoms with van der Waals surface area (Å²) >= 11 is 1.62. The first kappa shape index (κ1) is 18.9. The molecule has 1 aromatic carbocycles. The number of thiophene rings is 1. The minimum atomic E-state index is -0.447. The molecule has 0 saturated heterocycles. The maximum atomic E-state index is 12.9. The number of carbonyl (C=O) groups is 1. The summed E-state index contributed by atoms with van der Waals surface area (Å²) in [4.78, 5) is 26.8. The van der Waals surface area contributed by atoms with Gasteiger partial charge in [-0.1, -0.05) is 30.3 Å². The Kier molecular flexibility index (Phi) is 5.44. The molecule has 1 amide bonds. The van der Waals surface area contributed by atoms with Gasteiger partial charge in [-0.2, -0.15) is 0 Å². The van der Waals surface area contributed by atoms with Gasteiger partial charge in [0, 0.05) is 23.4 Å². The van der Waals surface area contributed by atoms with E-state index in [4.69, 9.17) is 0 Å². The fourth-order valence-electron chi connectivity index (χ4n) is 3.08. The maximum absolute atomic E-state index is 12.9. The zero-order valence-electron chi connectivity index (χ0n) is 15.6. The molecule has 3 aromatic heterocycles. The Labute approximate surface area is 170 Å². The van der Waals surface area contributed by atoms with Crippen molar-refractivity contribution in [2.24, 2.45) is 0 Å². The first-order valence-corrected chi connectivity index (χ1v) is 9.88. The van der Waals surface area contributed by atoms with Gasteiger partial charge >= 0.3 is 0 Å². The summed E-state index contributed by atoms with van der Waals surface area (Å²) in [5, 5.41) is 6.86. The second-order valence-electron chi connectivity index (χ2n) is 6.39. The molecular weight excluding hydrogens is 389 g/mol. The number of pyridine rings is 1. The highest BCUT2D eigenvalue weighted by molar-refractivity contribution is 7.19. The van der Waals surface area contributed by atoms with Crippen LogP contribution in [0.3, 0.4) is 0 Å². The molecule has 29 heavy (non-hydrogen) atoms. The van der Waals surface area contributed by atoms with Crippen LogP contribution in [0.2, 0.25) is 0 Å². The molecular formula is C21H18FN5OS. The van der Waals surface area contributed by atoms with Gasteiger partial charge in [0.2, 0.25) is 5.91 Å². The van der Waals surface area contributed by atoms with E-state index in [9.17, 15) is 9.18 Å². The van der Waals surface area contributed by atoms with Gasteiger partial charge in [-0.05, 0) is 24.6 Å². The lowest BCUT2D eigenvalue weighted by Crippen LogP contribution is -2.17. The monoisotopic (exact) mass is 407 g/mol. The van der Waals surface area contributed by atoms with Gasteiger partial charge in [0.15, 0.2) is 0 Å². The van der Waals surface area contributed by atoms with Crippen LogP contribution in [0.25, 0.3) is 21.3 Å². The van der Waals surface area contributed by atoms with E-state index in [1.165, 1.54) is 18.5 Å². The first-order chi connectivity index (χ1) is 14.1. The van der Waals surface area contributed by atoms with E-state index in [1.54, 1.807) is 11.3 Å². The normalized spacial score (nSPS) is 10.8. The van der Waals surface area contributed by atoms with Crippen molar-refractivity contribution in [3.8, 4) is 11.1 Å². The van der Waals surface area contributed by atoms with E-state index in [2.05, 4.69) is 44.6 Å². The molecule has 8 heteroatoms. The third kappa shape index (κ3) is 4.22. The van der Waals surface area contributed by atoms with Gasteiger partial charge in [0.25, 0.3) is 0 Å². The highest BCUT2D eigenvalue weighted by Gasteiger charge is 2.16. The lowest BCUT2D eigenvalue weighted by molar-refractivity contribution is -0.116. The average molecular weight is 407 g/mol. The summed E-state index contributed by atoms with van der Waals surface area (Å²) in [6.45, 7) is 2.46. The van der Waals surface area contributed by atoms with Crippen molar-refractivity contribution in [3.05, 3.63) is 65.7 Å². The van der Waals surface area contributed by atoms with Crippen LogP contribution < -0.4 is 10.6 Å². The molecule has 0 aliphatic carbocycles. The zero-order chi connectivity index (χ0) is 20.2. The summed E-state index contributed by atoms with van der Waals surface area (Å²) in [5.41, 5.74) is 2.21. The lowest BCUT2D eigenvalue weighted by Gasteiger charge is -2.09. The fraction of sp³-hybridized carbons (Fsp3) is 0.143. The van der Waals surface area contributed by atoms with E-state index in [-0.39, 0.29) is 12.3 Å². The SMILES string of the molecule is Cc1sc2ncnc(NCCC(=O)Nc3ccc(F)cn3)c2c1-c1ccccc1. The summed E-state index contributed by atoms with van der Waals surface area (Å²) in [5.74, 6) is 0.357. The molecule has 0 aliphatic rings. The summed E-state index contributed by atoms with van der Waals surface area (Å²) < 4.78 is 12.9. The molecule has 2 N–H and O–H groups in total. The Hall–Kier alpha value is -3.39. The Morgan fingerprint density at radius 3 is 2.69 bits per heavy atom. The molecule has 0 unspecified atom stereocenters. The van der Waals surface area contributed by atoms with E-state index < -0.39 is 5.82 Å². The van der Waals surface area contributed by atoms with Crippen molar-refractivity contribution in [2.75, 3.05) is 17.2 Å². The van der Waals surface area contributed by atoms with E-state index >= 15 is 0 Å². The summed E-state index contributed by atoms with van der Waals surface area (Å²) in [7, 11) is 0. The maximum Gasteiger partial charge on any atom is 0.227 e. The van der Waals surface area contributed by atoms with Gasteiger partial charge < -0.3 is 10.6 Å². The molecule has 6 nitrogen and oxygen atoms in total. The zero-order valence-corrected chi connectivity index (χ0v) is 16.5. The van der Waals surface area contributed by atoms with Crippen LogP contribution in [0, 0.1) is 12.7 Å². The number of carbonyl (C=O) groups excluding carboxylic acids is 1. The molecule has 0 atom stereocenters. The number of aromatic nitrogens is 3. The molecule has 146 valence electrons. The molecule has 0 radical (unpaired) electrons. The average Bonchev–Trinajstić information content (AvgIpc) is 3.07. The molecule has 4 aromatic rings. The fourth-order valence-corrected chi connectivity index (χ4v) is 4.09. The highest BCUT2D eigenvalue weighted by Crippen LogP contribution is 2.40. The third-order valence-electron chi connectivity index (χ3n) is 4.37. The lowest BCUT2D eigenvalue weighted by atomic mass is 10.0. The van der Waals surface area contributed by atoms with Crippen molar-refractivity contribution >= 4 is 39.1 Å². The predicted octanol–water partition coefficient (Wildman–Crippen LogP) is 4.64. The Morgan fingerprint density at radius 1 is 1.10 bits per heavy atom. The molecule has 4 rings (SSSR count). The molecule has 0 spiro atoms. The molecule has 3 heterocycles. The quantitative estimate of drug-likeness (QED) is 0.487. The molecule has 0 aliphatic heterocycles. The van der Waals surface area contributed by atoms with Crippen molar-refractivity contribution in [1.82, 2.24) is 15.0 Å².